The Kier molecular flexibility index (Phi) is 6.13. The van der Waals surface area contributed by atoms with Crippen LogP contribution in [0.3, 0.4) is 0 Å². The van der Waals surface area contributed by atoms with E-state index in [2.05, 4.69) is 121 Å². The summed E-state index contributed by atoms with van der Waals surface area (Å²) < 4.78 is 18.2. The Balaban J connectivity index is 1.30. The van der Waals surface area contributed by atoms with Crippen molar-refractivity contribution < 1.29 is 4.57 Å². The lowest BCUT2D eigenvalue weighted by atomic mass is 9.85. The molecule has 4 heteroatoms. The minimum absolute atomic E-state index is 0.774. The first-order chi connectivity index (χ1) is 24.1. The number of imidazole rings is 1. The lowest BCUT2D eigenvalue weighted by molar-refractivity contribution is 0.592. The molecule has 9 aromatic rings. The Morgan fingerprint density at radius 3 is 1.82 bits per heavy atom. The maximum Gasteiger partial charge on any atom is 0.175 e. The number of fused-ring (bicyclic) bond motifs is 5. The van der Waals surface area contributed by atoms with E-state index in [0.717, 1.165) is 56.0 Å². The van der Waals surface area contributed by atoms with Crippen LogP contribution in [0.1, 0.15) is 12.7 Å². The van der Waals surface area contributed by atoms with Crippen molar-refractivity contribution in [3.8, 4) is 27.9 Å². The van der Waals surface area contributed by atoms with Crippen LogP contribution < -0.4 is 15.9 Å². The van der Waals surface area contributed by atoms with Crippen LogP contribution in [0.25, 0.3) is 71.3 Å². The number of aromatic nitrogens is 2. The van der Waals surface area contributed by atoms with Crippen LogP contribution >= 0.6 is 7.14 Å². The molecule has 0 fully saturated rings. The molecular formula is C45H31N2OP. The molecule has 0 bridgehead atoms. The summed E-state index contributed by atoms with van der Waals surface area (Å²) in [6, 6.07) is 55.6. The number of rotatable bonds is 4. The largest absolute Gasteiger partial charge is 0.308 e. The van der Waals surface area contributed by atoms with Crippen LogP contribution in [0.4, 0.5) is 0 Å². The predicted octanol–water partition coefficient (Wildman–Crippen LogP) is 10.3. The molecule has 0 radical (unpaired) electrons. The zero-order valence-electron chi connectivity index (χ0n) is 27.0. The van der Waals surface area contributed by atoms with Crippen LogP contribution in [-0.2, 0) is 11.0 Å². The fourth-order valence-electron chi connectivity index (χ4n) is 8.17. The van der Waals surface area contributed by atoms with Crippen LogP contribution in [0, 0.1) is 0 Å². The fraction of sp³-hybridized carbons (Fsp3) is 0.0444. The lowest BCUT2D eigenvalue weighted by Crippen LogP contribution is -2.33. The summed E-state index contributed by atoms with van der Waals surface area (Å²) in [6.45, 7) is 2.14. The third-order valence-electron chi connectivity index (χ3n) is 10.3. The number of benzene rings is 8. The quantitative estimate of drug-likeness (QED) is 0.141. The first-order valence-corrected chi connectivity index (χ1v) is 18.6. The molecule has 232 valence electrons. The molecule has 0 spiro atoms. The second-order valence-electron chi connectivity index (χ2n) is 12.9. The number of aryl methyl sites for hydroxylation is 1. The maximum atomic E-state index is 16.0. The van der Waals surface area contributed by atoms with Crippen LogP contribution in [0.15, 0.2) is 158 Å². The maximum absolute atomic E-state index is 16.0. The monoisotopic (exact) mass is 646 g/mol. The standard InChI is InChI=1S/C45H31N2OP/c1-2-42-46-38-21-12-22-40-45(38)47(42)39-26-25-32(28-41(39)49(40,48)33-15-4-3-5-16-33)44-36-19-10-8-17-34(36)43(35-18-9-11-20-37(35)44)31-24-23-29-13-6-7-14-30(29)27-31/h3-28H,2H2,1H3. The molecular weight excluding hydrogens is 615 g/mol. The molecule has 0 aliphatic carbocycles. The highest BCUT2D eigenvalue weighted by molar-refractivity contribution is 7.86. The summed E-state index contributed by atoms with van der Waals surface area (Å²) in [5.41, 5.74) is 7.45. The summed E-state index contributed by atoms with van der Waals surface area (Å²) in [4.78, 5) is 5.02. The van der Waals surface area contributed by atoms with Crippen molar-refractivity contribution in [1.82, 2.24) is 9.55 Å². The van der Waals surface area contributed by atoms with Crippen molar-refractivity contribution in [3.63, 3.8) is 0 Å². The predicted molar refractivity (Wildman–Crippen MR) is 207 cm³/mol. The summed E-state index contributed by atoms with van der Waals surface area (Å²) in [6.07, 6.45) is 0.774. The van der Waals surface area contributed by atoms with Gasteiger partial charge in [0.15, 0.2) is 7.14 Å². The van der Waals surface area contributed by atoms with E-state index in [1.165, 1.54) is 43.4 Å². The number of para-hydroxylation sites is 1. The van der Waals surface area contributed by atoms with Crippen molar-refractivity contribution in [2.24, 2.45) is 0 Å². The Morgan fingerprint density at radius 1 is 0.551 bits per heavy atom. The summed E-state index contributed by atoms with van der Waals surface area (Å²) in [5, 5.41) is 9.76. The van der Waals surface area contributed by atoms with E-state index in [9.17, 15) is 0 Å². The van der Waals surface area contributed by atoms with Gasteiger partial charge in [-0.25, -0.2) is 4.98 Å². The van der Waals surface area contributed by atoms with Crippen LogP contribution in [0.5, 0.6) is 0 Å². The second-order valence-corrected chi connectivity index (χ2v) is 15.6. The summed E-state index contributed by atoms with van der Waals surface area (Å²) in [5.74, 6) is 0.978. The molecule has 49 heavy (non-hydrogen) atoms. The van der Waals surface area contributed by atoms with E-state index in [-0.39, 0.29) is 0 Å². The molecule has 1 aliphatic heterocycles. The first kappa shape index (κ1) is 28.3. The third kappa shape index (κ3) is 3.97. The number of nitrogens with zero attached hydrogens (tertiary/aromatic N) is 2. The molecule has 3 nitrogen and oxygen atoms in total. The molecule has 2 heterocycles. The van der Waals surface area contributed by atoms with Gasteiger partial charge in [0.05, 0.1) is 16.7 Å². The second kappa shape index (κ2) is 10.6. The van der Waals surface area contributed by atoms with Gasteiger partial charge in [0, 0.05) is 22.3 Å². The molecule has 10 rings (SSSR count). The first-order valence-electron chi connectivity index (χ1n) is 16.9. The van der Waals surface area contributed by atoms with E-state index >= 15 is 4.57 Å². The summed E-state index contributed by atoms with van der Waals surface area (Å²) in [7, 11) is -3.27. The number of hydrogen-bond acceptors (Lipinski definition) is 2. The highest BCUT2D eigenvalue weighted by atomic mass is 31.2. The highest BCUT2D eigenvalue weighted by Gasteiger charge is 2.40. The lowest BCUT2D eigenvalue weighted by Gasteiger charge is -2.30. The van der Waals surface area contributed by atoms with Gasteiger partial charge in [-0.1, -0.05) is 134 Å². The van der Waals surface area contributed by atoms with E-state index in [0.29, 0.717) is 0 Å². The van der Waals surface area contributed by atoms with Crippen molar-refractivity contribution in [2.45, 2.75) is 13.3 Å². The average molecular weight is 647 g/mol. The van der Waals surface area contributed by atoms with Gasteiger partial charge in [-0.2, -0.15) is 0 Å². The zero-order valence-corrected chi connectivity index (χ0v) is 27.9. The molecule has 0 N–H and O–H groups in total. The van der Waals surface area contributed by atoms with Crippen LogP contribution in [-0.4, -0.2) is 9.55 Å². The van der Waals surface area contributed by atoms with Crippen LogP contribution in [0.2, 0.25) is 0 Å². The van der Waals surface area contributed by atoms with Gasteiger partial charge in [0.1, 0.15) is 5.82 Å². The minimum atomic E-state index is -3.27. The molecule has 8 aromatic carbocycles. The van der Waals surface area contributed by atoms with Gasteiger partial charge in [-0.3, -0.25) is 4.57 Å². The molecule has 1 atom stereocenters. The Morgan fingerprint density at radius 2 is 1.14 bits per heavy atom. The highest BCUT2D eigenvalue weighted by Crippen LogP contribution is 2.51. The van der Waals surface area contributed by atoms with Gasteiger partial charge in [0.2, 0.25) is 0 Å². The van der Waals surface area contributed by atoms with Gasteiger partial charge < -0.3 is 4.57 Å². The minimum Gasteiger partial charge on any atom is -0.308 e. The third-order valence-corrected chi connectivity index (χ3v) is 13.4. The zero-order chi connectivity index (χ0) is 32.7. The van der Waals surface area contributed by atoms with Gasteiger partial charge in [-0.05, 0) is 84.9 Å². The Labute approximate surface area is 284 Å². The average Bonchev–Trinajstić information content (AvgIpc) is 3.55. The van der Waals surface area contributed by atoms with E-state index in [1.54, 1.807) is 0 Å². The van der Waals surface area contributed by atoms with E-state index < -0.39 is 7.14 Å². The van der Waals surface area contributed by atoms with Crippen molar-refractivity contribution in [3.05, 3.63) is 164 Å². The topological polar surface area (TPSA) is 34.9 Å². The Bertz CT molecular complexity index is 2790. The molecule has 0 amide bonds. The molecule has 1 unspecified atom stereocenters. The smallest absolute Gasteiger partial charge is 0.175 e. The number of hydrogen-bond donors (Lipinski definition) is 0. The van der Waals surface area contributed by atoms with Gasteiger partial charge in [0.25, 0.3) is 0 Å². The van der Waals surface area contributed by atoms with Crippen molar-refractivity contribution in [2.75, 3.05) is 0 Å². The van der Waals surface area contributed by atoms with Crippen molar-refractivity contribution >= 4 is 66.4 Å². The van der Waals surface area contributed by atoms with Gasteiger partial charge >= 0.3 is 0 Å². The molecule has 0 saturated carbocycles. The normalized spacial score (nSPS) is 15.3. The van der Waals surface area contributed by atoms with E-state index in [4.69, 9.17) is 4.98 Å². The molecule has 1 aliphatic rings. The fourth-order valence-corrected chi connectivity index (χ4v) is 11.2. The Hall–Kier alpha value is -5.76. The molecule has 0 saturated heterocycles. The summed E-state index contributed by atoms with van der Waals surface area (Å²) >= 11 is 0. The van der Waals surface area contributed by atoms with Gasteiger partial charge in [-0.15, -0.1) is 0 Å². The van der Waals surface area contributed by atoms with Crippen molar-refractivity contribution in [1.29, 1.82) is 0 Å². The molecule has 1 aromatic heterocycles. The van der Waals surface area contributed by atoms with E-state index in [1.807, 2.05) is 48.5 Å². The SMILES string of the molecule is CCc1nc2cccc3c2n1-c1ccc(-c2c4ccccc4c(-c4ccc5ccccc5c4)c4ccccc24)cc1P3(=O)c1ccccc1.